The third-order valence-electron chi connectivity index (χ3n) is 1.70. The number of carbonyl (C=O) groups is 1. The van der Waals surface area contributed by atoms with Crippen LogP contribution in [0, 0.1) is 0 Å². The largest absolute Gasteiger partial charge is 0.468 e. The van der Waals surface area contributed by atoms with Gasteiger partial charge in [-0.05, 0) is 12.8 Å². The molecule has 0 aromatic heterocycles. The molecule has 0 aromatic rings. The highest BCUT2D eigenvalue weighted by Crippen LogP contribution is 2.14. The van der Waals surface area contributed by atoms with E-state index in [4.69, 9.17) is 5.21 Å². The lowest BCUT2D eigenvalue weighted by atomic mass is 10.2. The Morgan fingerprint density at radius 3 is 2.73 bits per heavy atom. The van der Waals surface area contributed by atoms with Gasteiger partial charge in [-0.15, -0.1) is 12.4 Å². The third-order valence-corrected chi connectivity index (χ3v) is 1.70. The minimum Gasteiger partial charge on any atom is -0.468 e. The van der Waals surface area contributed by atoms with Crippen LogP contribution in [0.2, 0.25) is 0 Å². The van der Waals surface area contributed by atoms with Crippen LogP contribution in [0.3, 0.4) is 0 Å². The number of hydrogen-bond donors (Lipinski definition) is 1. The van der Waals surface area contributed by atoms with Crippen molar-refractivity contribution in [2.75, 3.05) is 13.7 Å². The molecule has 1 aliphatic heterocycles. The first kappa shape index (κ1) is 10.7. The number of ether oxygens (including phenoxy) is 1. The molecule has 0 unspecified atom stereocenters. The van der Waals surface area contributed by atoms with E-state index in [-0.39, 0.29) is 18.4 Å². The number of rotatable bonds is 1. The Kier molecular flexibility index (Phi) is 4.40. The lowest BCUT2D eigenvalue weighted by molar-refractivity contribution is -0.164. The zero-order chi connectivity index (χ0) is 7.56. The van der Waals surface area contributed by atoms with Crippen molar-refractivity contribution >= 4 is 18.4 Å². The molecule has 1 atom stereocenters. The van der Waals surface area contributed by atoms with E-state index < -0.39 is 6.04 Å². The van der Waals surface area contributed by atoms with Crippen LogP contribution in [0.15, 0.2) is 0 Å². The van der Waals surface area contributed by atoms with Crippen molar-refractivity contribution in [2.24, 2.45) is 0 Å². The monoisotopic (exact) mass is 181 g/mol. The van der Waals surface area contributed by atoms with Gasteiger partial charge in [-0.3, -0.25) is 4.79 Å². The molecule has 5 heteroatoms. The maximum Gasteiger partial charge on any atom is 0.325 e. The summed E-state index contributed by atoms with van der Waals surface area (Å²) in [5.74, 6) is -0.347. The first-order valence-electron chi connectivity index (χ1n) is 3.29. The van der Waals surface area contributed by atoms with Gasteiger partial charge in [0.2, 0.25) is 0 Å². The van der Waals surface area contributed by atoms with Gasteiger partial charge in [-0.1, -0.05) is 0 Å². The molecule has 0 aliphatic carbocycles. The molecule has 0 aromatic carbocycles. The molecular weight excluding hydrogens is 170 g/mol. The summed E-state index contributed by atoms with van der Waals surface area (Å²) in [6.07, 6.45) is 1.56. The summed E-state index contributed by atoms with van der Waals surface area (Å²) in [6.45, 7) is 0.569. The van der Waals surface area contributed by atoms with Crippen LogP contribution in [0.5, 0.6) is 0 Å². The van der Waals surface area contributed by atoms with Crippen LogP contribution in [0.25, 0.3) is 0 Å². The molecule has 11 heavy (non-hydrogen) atoms. The third kappa shape index (κ3) is 2.32. The molecule has 66 valence electrons. The lowest BCUT2D eigenvalue weighted by Gasteiger charge is -2.13. The van der Waals surface area contributed by atoms with E-state index in [0.29, 0.717) is 13.0 Å². The summed E-state index contributed by atoms with van der Waals surface area (Å²) in [5.41, 5.74) is 0. The SMILES string of the molecule is COC(=O)[C@H]1CCCN1O.Cl. The number of hydrogen-bond acceptors (Lipinski definition) is 4. The number of nitrogens with zero attached hydrogens (tertiary/aromatic N) is 1. The van der Waals surface area contributed by atoms with Gasteiger partial charge in [0.25, 0.3) is 0 Å². The van der Waals surface area contributed by atoms with Crippen LogP contribution < -0.4 is 0 Å². The van der Waals surface area contributed by atoms with Gasteiger partial charge in [0.15, 0.2) is 0 Å². The number of halogens is 1. The molecule has 0 amide bonds. The summed E-state index contributed by atoms with van der Waals surface area (Å²) < 4.78 is 4.46. The number of esters is 1. The topological polar surface area (TPSA) is 49.8 Å². The Bertz CT molecular complexity index is 142. The average Bonchev–Trinajstić information content (AvgIpc) is 2.34. The summed E-state index contributed by atoms with van der Waals surface area (Å²) in [5, 5.41) is 10.1. The number of carbonyl (C=O) groups excluding carboxylic acids is 1. The molecule has 0 saturated carbocycles. The predicted octanol–water partition coefficient (Wildman–Crippen LogP) is 0.435. The lowest BCUT2D eigenvalue weighted by Crippen LogP contribution is -2.34. The Hall–Kier alpha value is -0.320. The van der Waals surface area contributed by atoms with Crippen molar-refractivity contribution in [3.8, 4) is 0 Å². The van der Waals surface area contributed by atoms with Gasteiger partial charge in [-0.25, -0.2) is 0 Å². The highest BCUT2D eigenvalue weighted by atomic mass is 35.5. The Morgan fingerprint density at radius 2 is 2.36 bits per heavy atom. The van der Waals surface area contributed by atoms with Crippen molar-refractivity contribution in [3.05, 3.63) is 0 Å². The van der Waals surface area contributed by atoms with E-state index in [0.717, 1.165) is 11.5 Å². The number of methoxy groups -OCH3 is 1. The van der Waals surface area contributed by atoms with Gasteiger partial charge in [0, 0.05) is 6.54 Å². The first-order valence-corrected chi connectivity index (χ1v) is 3.29. The summed E-state index contributed by atoms with van der Waals surface area (Å²) >= 11 is 0. The van der Waals surface area contributed by atoms with E-state index in [2.05, 4.69) is 4.74 Å². The summed E-state index contributed by atoms with van der Waals surface area (Å²) in [4.78, 5) is 10.8. The van der Waals surface area contributed by atoms with Gasteiger partial charge in [0.05, 0.1) is 7.11 Å². The fourth-order valence-electron chi connectivity index (χ4n) is 1.13. The number of hydroxylamine groups is 2. The van der Waals surface area contributed by atoms with Crippen LogP contribution in [-0.2, 0) is 9.53 Å². The highest BCUT2D eigenvalue weighted by molar-refractivity contribution is 5.85. The van der Waals surface area contributed by atoms with E-state index >= 15 is 0 Å². The minimum atomic E-state index is -0.426. The predicted molar refractivity (Wildman–Crippen MR) is 40.8 cm³/mol. The van der Waals surface area contributed by atoms with Crippen molar-refractivity contribution in [2.45, 2.75) is 18.9 Å². The van der Waals surface area contributed by atoms with E-state index in [1.165, 1.54) is 7.11 Å². The van der Waals surface area contributed by atoms with Gasteiger partial charge in [0.1, 0.15) is 6.04 Å². The Balaban J connectivity index is 0.000001000. The van der Waals surface area contributed by atoms with Crippen LogP contribution >= 0.6 is 12.4 Å². The van der Waals surface area contributed by atoms with E-state index in [9.17, 15) is 4.79 Å². The fourth-order valence-corrected chi connectivity index (χ4v) is 1.13. The van der Waals surface area contributed by atoms with Crippen molar-refractivity contribution in [1.82, 2.24) is 5.06 Å². The normalized spacial score (nSPS) is 24.4. The molecule has 1 aliphatic rings. The molecule has 4 nitrogen and oxygen atoms in total. The Labute approximate surface area is 71.5 Å². The van der Waals surface area contributed by atoms with Crippen LogP contribution in [-0.4, -0.2) is 35.9 Å². The second kappa shape index (κ2) is 4.54. The quantitative estimate of drug-likeness (QED) is 0.597. The summed E-state index contributed by atoms with van der Waals surface area (Å²) in [6, 6.07) is -0.426. The minimum absolute atomic E-state index is 0. The van der Waals surface area contributed by atoms with Crippen molar-refractivity contribution in [3.63, 3.8) is 0 Å². The Morgan fingerprint density at radius 1 is 1.73 bits per heavy atom. The standard InChI is InChI=1S/C6H11NO3.ClH/c1-10-6(8)5-3-2-4-7(5)9;/h5,9H,2-4H2,1H3;1H/t5-;/m1./s1. The highest BCUT2D eigenvalue weighted by Gasteiger charge is 2.30. The molecule has 1 rings (SSSR count). The van der Waals surface area contributed by atoms with Crippen LogP contribution in [0.1, 0.15) is 12.8 Å². The molecule has 1 heterocycles. The molecule has 1 fully saturated rings. The molecule has 1 saturated heterocycles. The van der Waals surface area contributed by atoms with Gasteiger partial charge in [-0.2, -0.15) is 5.06 Å². The van der Waals surface area contributed by atoms with Gasteiger partial charge < -0.3 is 9.94 Å². The molecule has 0 spiro atoms. The zero-order valence-electron chi connectivity index (χ0n) is 6.32. The second-order valence-electron chi connectivity index (χ2n) is 2.34. The maximum absolute atomic E-state index is 10.8. The zero-order valence-corrected chi connectivity index (χ0v) is 7.13. The first-order chi connectivity index (χ1) is 4.75. The molecule has 0 bridgehead atoms. The van der Waals surface area contributed by atoms with Gasteiger partial charge >= 0.3 is 5.97 Å². The van der Waals surface area contributed by atoms with Crippen molar-refractivity contribution < 1.29 is 14.7 Å². The van der Waals surface area contributed by atoms with E-state index in [1.54, 1.807) is 0 Å². The van der Waals surface area contributed by atoms with Crippen LogP contribution in [0.4, 0.5) is 0 Å². The van der Waals surface area contributed by atoms with E-state index in [1.807, 2.05) is 0 Å². The molecule has 0 radical (unpaired) electrons. The van der Waals surface area contributed by atoms with Crippen molar-refractivity contribution in [1.29, 1.82) is 0 Å². The fraction of sp³-hybridized carbons (Fsp3) is 0.833. The maximum atomic E-state index is 10.8. The summed E-state index contributed by atoms with van der Waals surface area (Å²) in [7, 11) is 1.33. The smallest absolute Gasteiger partial charge is 0.325 e. The molecular formula is C6H12ClNO3. The average molecular weight is 182 g/mol. The second-order valence-corrected chi connectivity index (χ2v) is 2.34. The molecule has 1 N–H and O–H groups in total.